The van der Waals surface area contributed by atoms with E-state index >= 15 is 0 Å². The molecule has 3 rings (SSSR count). The third-order valence-electron chi connectivity index (χ3n) is 4.01. The predicted molar refractivity (Wildman–Crippen MR) is 88.0 cm³/mol. The second-order valence-electron chi connectivity index (χ2n) is 7.14. The van der Waals surface area contributed by atoms with Gasteiger partial charge in [0.25, 0.3) is 0 Å². The fourth-order valence-corrected chi connectivity index (χ4v) is 3.01. The number of ether oxygens (including phenoxy) is 1. The Morgan fingerprint density at radius 1 is 1.32 bits per heavy atom. The minimum atomic E-state index is -0.455. The Hall–Kier alpha value is -1.97. The van der Waals surface area contributed by atoms with E-state index in [0.29, 0.717) is 6.54 Å². The summed E-state index contributed by atoms with van der Waals surface area (Å²) in [6, 6.07) is 6.43. The van der Waals surface area contributed by atoms with Gasteiger partial charge in [0.15, 0.2) is 0 Å². The van der Waals surface area contributed by atoms with Gasteiger partial charge in [0.1, 0.15) is 5.60 Å². The molecule has 4 heteroatoms. The standard InChI is InChI=1S/C18H24N2O2/c1-12-7-8-16-13(10-12)14-11-20(9-5-6-15(14)19-16)17(21)22-18(2,3)4/h7-8,10,19H,5-6,9,11H2,1-4H3. The quantitative estimate of drug-likeness (QED) is 0.794. The molecule has 2 heterocycles. The van der Waals surface area contributed by atoms with Gasteiger partial charge in [-0.25, -0.2) is 4.79 Å². The predicted octanol–water partition coefficient (Wildman–Crippen LogP) is 4.16. The summed E-state index contributed by atoms with van der Waals surface area (Å²) >= 11 is 0. The molecule has 1 aromatic carbocycles. The lowest BCUT2D eigenvalue weighted by Crippen LogP contribution is -2.36. The van der Waals surface area contributed by atoms with Crippen LogP contribution in [0.25, 0.3) is 10.9 Å². The number of hydrogen-bond donors (Lipinski definition) is 1. The highest BCUT2D eigenvalue weighted by atomic mass is 16.6. The summed E-state index contributed by atoms with van der Waals surface area (Å²) in [4.78, 5) is 17.7. The number of amides is 1. The molecule has 22 heavy (non-hydrogen) atoms. The first-order valence-corrected chi connectivity index (χ1v) is 7.91. The van der Waals surface area contributed by atoms with Crippen LogP contribution in [0.2, 0.25) is 0 Å². The van der Waals surface area contributed by atoms with E-state index in [1.807, 2.05) is 25.7 Å². The van der Waals surface area contributed by atoms with Crippen LogP contribution in [0.3, 0.4) is 0 Å². The summed E-state index contributed by atoms with van der Waals surface area (Å²) in [6.45, 7) is 9.18. The van der Waals surface area contributed by atoms with Gasteiger partial charge in [0, 0.05) is 28.7 Å². The lowest BCUT2D eigenvalue weighted by Gasteiger charge is -2.26. The summed E-state index contributed by atoms with van der Waals surface area (Å²) in [5.74, 6) is 0. The number of fused-ring (bicyclic) bond motifs is 3. The zero-order valence-electron chi connectivity index (χ0n) is 13.8. The summed E-state index contributed by atoms with van der Waals surface area (Å²) in [6.07, 6.45) is 1.71. The smallest absolute Gasteiger partial charge is 0.410 e. The molecule has 0 atom stereocenters. The molecule has 0 fully saturated rings. The molecule has 0 radical (unpaired) electrons. The van der Waals surface area contributed by atoms with Gasteiger partial charge in [0.05, 0.1) is 6.54 Å². The van der Waals surface area contributed by atoms with E-state index in [4.69, 9.17) is 4.74 Å². The number of aromatic amines is 1. The van der Waals surface area contributed by atoms with Crippen LogP contribution >= 0.6 is 0 Å². The molecule has 0 saturated heterocycles. The highest BCUT2D eigenvalue weighted by Gasteiger charge is 2.26. The summed E-state index contributed by atoms with van der Waals surface area (Å²) in [7, 11) is 0. The third kappa shape index (κ3) is 2.96. The fourth-order valence-electron chi connectivity index (χ4n) is 3.01. The van der Waals surface area contributed by atoms with Gasteiger partial charge in [-0.2, -0.15) is 0 Å². The van der Waals surface area contributed by atoms with Gasteiger partial charge in [-0.1, -0.05) is 11.6 Å². The molecule has 0 unspecified atom stereocenters. The minimum Gasteiger partial charge on any atom is -0.444 e. The highest BCUT2D eigenvalue weighted by molar-refractivity contribution is 5.86. The molecule has 0 saturated carbocycles. The molecule has 1 aromatic heterocycles. The van der Waals surface area contributed by atoms with Crippen LogP contribution in [-0.4, -0.2) is 28.1 Å². The number of nitrogens with zero attached hydrogens (tertiary/aromatic N) is 1. The van der Waals surface area contributed by atoms with Crippen molar-refractivity contribution in [3.63, 3.8) is 0 Å². The van der Waals surface area contributed by atoms with Gasteiger partial charge in [-0.3, -0.25) is 0 Å². The van der Waals surface area contributed by atoms with Crippen molar-refractivity contribution in [3.8, 4) is 0 Å². The number of H-pyrrole nitrogens is 1. The Kier molecular flexibility index (Phi) is 3.63. The minimum absolute atomic E-state index is 0.220. The molecule has 0 bridgehead atoms. The maximum absolute atomic E-state index is 12.4. The Balaban J connectivity index is 1.93. The van der Waals surface area contributed by atoms with Crippen LogP contribution in [0.1, 0.15) is 44.0 Å². The lowest BCUT2D eigenvalue weighted by atomic mass is 10.1. The summed E-state index contributed by atoms with van der Waals surface area (Å²) < 4.78 is 5.54. The SMILES string of the molecule is Cc1ccc2[nH]c3c(c2c1)CN(C(=O)OC(C)(C)C)CCC3. The molecule has 1 N–H and O–H groups in total. The number of benzene rings is 1. The number of aromatic nitrogens is 1. The number of rotatable bonds is 0. The van der Waals surface area contributed by atoms with Gasteiger partial charge in [-0.15, -0.1) is 0 Å². The molecule has 4 nitrogen and oxygen atoms in total. The van der Waals surface area contributed by atoms with E-state index < -0.39 is 5.60 Å². The van der Waals surface area contributed by atoms with E-state index in [1.165, 1.54) is 22.2 Å². The first-order chi connectivity index (χ1) is 10.3. The Morgan fingerprint density at radius 3 is 2.82 bits per heavy atom. The van der Waals surface area contributed by atoms with E-state index in [-0.39, 0.29) is 6.09 Å². The lowest BCUT2D eigenvalue weighted by molar-refractivity contribution is 0.0237. The van der Waals surface area contributed by atoms with Crippen LogP contribution < -0.4 is 0 Å². The molecule has 1 aliphatic heterocycles. The number of carbonyl (C=O) groups excluding carboxylic acids is 1. The van der Waals surface area contributed by atoms with Crippen LogP contribution in [0.5, 0.6) is 0 Å². The van der Waals surface area contributed by atoms with E-state index in [2.05, 4.69) is 30.1 Å². The molecule has 2 aromatic rings. The molecule has 0 spiro atoms. The molecule has 1 amide bonds. The monoisotopic (exact) mass is 300 g/mol. The Morgan fingerprint density at radius 2 is 2.09 bits per heavy atom. The fraction of sp³-hybridized carbons (Fsp3) is 0.500. The van der Waals surface area contributed by atoms with Crippen molar-refractivity contribution in [2.45, 2.75) is 52.7 Å². The van der Waals surface area contributed by atoms with E-state index in [1.54, 1.807) is 0 Å². The zero-order valence-corrected chi connectivity index (χ0v) is 13.8. The summed E-state index contributed by atoms with van der Waals surface area (Å²) in [5.41, 5.74) is 4.43. The normalized spacial score (nSPS) is 15.5. The highest BCUT2D eigenvalue weighted by Crippen LogP contribution is 2.28. The first-order valence-electron chi connectivity index (χ1n) is 7.91. The van der Waals surface area contributed by atoms with Gasteiger partial charge in [0.2, 0.25) is 0 Å². The third-order valence-corrected chi connectivity index (χ3v) is 4.01. The van der Waals surface area contributed by atoms with Crippen LogP contribution in [0.4, 0.5) is 4.79 Å². The van der Waals surface area contributed by atoms with Crippen molar-refractivity contribution < 1.29 is 9.53 Å². The number of aryl methyl sites for hydroxylation is 2. The van der Waals surface area contributed by atoms with Crippen LogP contribution in [0.15, 0.2) is 18.2 Å². The van der Waals surface area contributed by atoms with Gasteiger partial charge >= 0.3 is 6.09 Å². The van der Waals surface area contributed by atoms with Crippen LogP contribution in [-0.2, 0) is 17.7 Å². The molecule has 118 valence electrons. The van der Waals surface area contributed by atoms with Crippen molar-refractivity contribution in [1.29, 1.82) is 0 Å². The average Bonchev–Trinajstić information content (AvgIpc) is 2.61. The first kappa shape index (κ1) is 14.9. The van der Waals surface area contributed by atoms with Gasteiger partial charge < -0.3 is 14.6 Å². The van der Waals surface area contributed by atoms with Crippen molar-refractivity contribution in [2.24, 2.45) is 0 Å². The number of carbonyl (C=O) groups is 1. The van der Waals surface area contributed by atoms with Crippen molar-refractivity contribution in [3.05, 3.63) is 35.0 Å². The van der Waals surface area contributed by atoms with Crippen molar-refractivity contribution in [1.82, 2.24) is 9.88 Å². The second kappa shape index (κ2) is 5.34. The topological polar surface area (TPSA) is 45.3 Å². The molecular weight excluding hydrogens is 276 g/mol. The second-order valence-corrected chi connectivity index (χ2v) is 7.14. The number of hydrogen-bond acceptors (Lipinski definition) is 2. The van der Waals surface area contributed by atoms with Crippen LogP contribution in [0, 0.1) is 6.92 Å². The molecule has 1 aliphatic rings. The van der Waals surface area contributed by atoms with Crippen molar-refractivity contribution in [2.75, 3.05) is 6.54 Å². The average molecular weight is 300 g/mol. The summed E-state index contributed by atoms with van der Waals surface area (Å²) in [5, 5.41) is 1.23. The Bertz CT molecular complexity index is 710. The van der Waals surface area contributed by atoms with E-state index in [9.17, 15) is 4.79 Å². The van der Waals surface area contributed by atoms with Gasteiger partial charge in [-0.05, 0) is 52.7 Å². The Labute approximate surface area is 131 Å². The molecule has 0 aliphatic carbocycles. The maximum Gasteiger partial charge on any atom is 0.410 e. The number of nitrogens with one attached hydrogen (secondary N) is 1. The zero-order chi connectivity index (χ0) is 15.9. The molecular formula is C18H24N2O2. The van der Waals surface area contributed by atoms with Crippen molar-refractivity contribution >= 4 is 17.0 Å². The largest absolute Gasteiger partial charge is 0.444 e. The maximum atomic E-state index is 12.4. The van der Waals surface area contributed by atoms with E-state index in [0.717, 1.165) is 24.9 Å².